The lowest BCUT2D eigenvalue weighted by Crippen LogP contribution is -2.15. The molecule has 4 heteroatoms. The first-order valence-electron chi connectivity index (χ1n) is 7.58. The Balaban J connectivity index is 1.70. The summed E-state index contributed by atoms with van der Waals surface area (Å²) in [5.74, 6) is -0.0324. The predicted octanol–water partition coefficient (Wildman–Crippen LogP) is 3.67. The third-order valence-electron chi connectivity index (χ3n) is 3.77. The third kappa shape index (κ3) is 3.48. The number of para-hydroxylation sites is 2. The molecule has 0 spiro atoms. The number of hydrogen-bond acceptors (Lipinski definition) is 2. The highest BCUT2D eigenvalue weighted by molar-refractivity contribution is 5.93. The fourth-order valence-corrected chi connectivity index (χ4v) is 2.55. The van der Waals surface area contributed by atoms with E-state index < -0.39 is 0 Å². The van der Waals surface area contributed by atoms with Gasteiger partial charge in [-0.2, -0.15) is 5.10 Å². The maximum absolute atomic E-state index is 12.3. The van der Waals surface area contributed by atoms with Crippen LogP contribution in [0.15, 0.2) is 60.9 Å². The molecule has 0 unspecified atom stereocenters. The molecular weight excluding hydrogens is 286 g/mol. The van der Waals surface area contributed by atoms with Crippen molar-refractivity contribution in [1.29, 1.82) is 0 Å². The van der Waals surface area contributed by atoms with E-state index in [-0.39, 0.29) is 5.91 Å². The van der Waals surface area contributed by atoms with Crippen molar-refractivity contribution in [3.05, 3.63) is 77.6 Å². The Kier molecular flexibility index (Phi) is 4.24. The Morgan fingerprint density at radius 2 is 1.74 bits per heavy atom. The predicted molar refractivity (Wildman–Crippen MR) is 91.8 cm³/mol. The number of carbonyl (C=O) groups is 1. The standard InChI is InChI=1S/C19H19N3O/c1-14-7-6-8-15(2)19(14)21-18(23)11-16-12-20-22(13-16)17-9-4-3-5-10-17/h3-10,12-13H,11H2,1-2H3,(H,21,23). The zero-order chi connectivity index (χ0) is 16.2. The Morgan fingerprint density at radius 3 is 2.43 bits per heavy atom. The molecule has 0 radical (unpaired) electrons. The highest BCUT2D eigenvalue weighted by Crippen LogP contribution is 2.19. The van der Waals surface area contributed by atoms with E-state index in [2.05, 4.69) is 10.4 Å². The van der Waals surface area contributed by atoms with Crippen LogP contribution in [0, 0.1) is 13.8 Å². The number of anilines is 1. The van der Waals surface area contributed by atoms with Crippen LogP contribution in [0.25, 0.3) is 5.69 Å². The van der Waals surface area contributed by atoms with Crippen molar-refractivity contribution in [2.24, 2.45) is 0 Å². The van der Waals surface area contributed by atoms with Gasteiger partial charge in [-0.15, -0.1) is 0 Å². The maximum Gasteiger partial charge on any atom is 0.228 e. The topological polar surface area (TPSA) is 46.9 Å². The van der Waals surface area contributed by atoms with Gasteiger partial charge in [0.1, 0.15) is 0 Å². The molecule has 116 valence electrons. The summed E-state index contributed by atoms with van der Waals surface area (Å²) in [6.45, 7) is 3.99. The van der Waals surface area contributed by atoms with Gasteiger partial charge >= 0.3 is 0 Å². The lowest BCUT2D eigenvalue weighted by molar-refractivity contribution is -0.115. The minimum absolute atomic E-state index is 0.0324. The molecule has 0 aliphatic carbocycles. The number of carbonyl (C=O) groups excluding carboxylic acids is 1. The van der Waals surface area contributed by atoms with Crippen molar-refractivity contribution in [1.82, 2.24) is 9.78 Å². The molecule has 3 rings (SSSR count). The van der Waals surface area contributed by atoms with Gasteiger partial charge in [0.15, 0.2) is 0 Å². The minimum Gasteiger partial charge on any atom is -0.325 e. The van der Waals surface area contributed by atoms with Gasteiger partial charge in [-0.05, 0) is 42.7 Å². The van der Waals surface area contributed by atoms with Crippen LogP contribution in [-0.2, 0) is 11.2 Å². The summed E-state index contributed by atoms with van der Waals surface area (Å²) < 4.78 is 1.78. The van der Waals surface area contributed by atoms with Crippen LogP contribution in [0.5, 0.6) is 0 Å². The normalized spacial score (nSPS) is 10.5. The smallest absolute Gasteiger partial charge is 0.228 e. The molecule has 1 heterocycles. The van der Waals surface area contributed by atoms with Gasteiger partial charge in [-0.1, -0.05) is 36.4 Å². The van der Waals surface area contributed by atoms with Gasteiger partial charge < -0.3 is 5.32 Å². The Labute approximate surface area is 135 Å². The fraction of sp³-hybridized carbons (Fsp3) is 0.158. The number of amides is 1. The van der Waals surface area contributed by atoms with Gasteiger partial charge in [-0.3, -0.25) is 4.79 Å². The average Bonchev–Trinajstić information content (AvgIpc) is 3.00. The molecule has 1 amide bonds. The van der Waals surface area contributed by atoms with Crippen molar-refractivity contribution in [3.8, 4) is 5.69 Å². The molecule has 0 aliphatic rings. The van der Waals surface area contributed by atoms with Crippen LogP contribution in [0.4, 0.5) is 5.69 Å². The van der Waals surface area contributed by atoms with Gasteiger partial charge in [0.25, 0.3) is 0 Å². The van der Waals surface area contributed by atoms with Crippen molar-refractivity contribution in [3.63, 3.8) is 0 Å². The molecule has 0 aliphatic heterocycles. The van der Waals surface area contributed by atoms with Crippen molar-refractivity contribution < 1.29 is 4.79 Å². The molecule has 0 saturated heterocycles. The fourth-order valence-electron chi connectivity index (χ4n) is 2.55. The Bertz CT molecular complexity index is 801. The van der Waals surface area contributed by atoms with Crippen LogP contribution in [0.3, 0.4) is 0 Å². The summed E-state index contributed by atoms with van der Waals surface area (Å²) in [7, 11) is 0. The maximum atomic E-state index is 12.3. The highest BCUT2D eigenvalue weighted by atomic mass is 16.1. The van der Waals surface area contributed by atoms with Gasteiger partial charge in [0.05, 0.1) is 18.3 Å². The van der Waals surface area contributed by atoms with Gasteiger partial charge in [-0.25, -0.2) is 4.68 Å². The lowest BCUT2D eigenvalue weighted by atomic mass is 10.1. The Morgan fingerprint density at radius 1 is 1.04 bits per heavy atom. The number of nitrogens with one attached hydrogen (secondary N) is 1. The van der Waals surface area contributed by atoms with E-state index >= 15 is 0 Å². The van der Waals surface area contributed by atoms with E-state index in [1.54, 1.807) is 10.9 Å². The monoisotopic (exact) mass is 305 g/mol. The first-order valence-corrected chi connectivity index (χ1v) is 7.58. The average molecular weight is 305 g/mol. The molecule has 1 N–H and O–H groups in total. The molecule has 0 fully saturated rings. The van der Waals surface area contributed by atoms with Crippen molar-refractivity contribution in [2.45, 2.75) is 20.3 Å². The minimum atomic E-state index is -0.0324. The van der Waals surface area contributed by atoms with Crippen LogP contribution in [0.1, 0.15) is 16.7 Å². The van der Waals surface area contributed by atoms with Gasteiger partial charge in [0, 0.05) is 11.9 Å². The molecule has 23 heavy (non-hydrogen) atoms. The second-order valence-electron chi connectivity index (χ2n) is 5.62. The van der Waals surface area contributed by atoms with E-state index in [0.717, 1.165) is 28.1 Å². The second kappa shape index (κ2) is 6.48. The number of aryl methyl sites for hydroxylation is 2. The zero-order valence-electron chi connectivity index (χ0n) is 13.3. The number of nitrogens with zero attached hydrogens (tertiary/aromatic N) is 2. The summed E-state index contributed by atoms with van der Waals surface area (Å²) in [6, 6.07) is 15.8. The SMILES string of the molecule is Cc1cccc(C)c1NC(=O)Cc1cnn(-c2ccccc2)c1. The van der Waals surface area contributed by atoms with Crippen LogP contribution >= 0.6 is 0 Å². The molecule has 0 atom stereocenters. The van der Waals surface area contributed by atoms with Gasteiger partial charge in [0.2, 0.25) is 5.91 Å². The molecule has 0 bridgehead atoms. The molecule has 1 aromatic heterocycles. The van der Waals surface area contributed by atoms with Crippen LogP contribution in [0.2, 0.25) is 0 Å². The van der Waals surface area contributed by atoms with E-state index in [0.29, 0.717) is 6.42 Å². The number of hydrogen-bond donors (Lipinski definition) is 1. The highest BCUT2D eigenvalue weighted by Gasteiger charge is 2.10. The van der Waals surface area contributed by atoms with Crippen LogP contribution in [-0.4, -0.2) is 15.7 Å². The van der Waals surface area contributed by atoms with Crippen molar-refractivity contribution in [2.75, 3.05) is 5.32 Å². The molecule has 3 aromatic rings. The molecule has 0 saturated carbocycles. The summed E-state index contributed by atoms with van der Waals surface area (Å²) in [5.41, 5.74) is 4.90. The van der Waals surface area contributed by atoms with E-state index in [9.17, 15) is 4.79 Å². The summed E-state index contributed by atoms with van der Waals surface area (Å²) in [6.07, 6.45) is 3.93. The molecular formula is C19H19N3O. The second-order valence-corrected chi connectivity index (χ2v) is 5.62. The number of rotatable bonds is 4. The quantitative estimate of drug-likeness (QED) is 0.799. The third-order valence-corrected chi connectivity index (χ3v) is 3.77. The number of benzene rings is 2. The zero-order valence-corrected chi connectivity index (χ0v) is 13.3. The summed E-state index contributed by atoms with van der Waals surface area (Å²) in [4.78, 5) is 12.3. The van der Waals surface area contributed by atoms with E-state index in [1.807, 2.05) is 68.6 Å². The van der Waals surface area contributed by atoms with Crippen LogP contribution < -0.4 is 5.32 Å². The lowest BCUT2D eigenvalue weighted by Gasteiger charge is -2.10. The summed E-state index contributed by atoms with van der Waals surface area (Å²) in [5, 5.41) is 7.32. The first-order chi connectivity index (χ1) is 11.1. The largest absolute Gasteiger partial charge is 0.325 e. The van der Waals surface area contributed by atoms with Crippen molar-refractivity contribution >= 4 is 11.6 Å². The molecule has 2 aromatic carbocycles. The first kappa shape index (κ1) is 15.0. The van der Waals surface area contributed by atoms with E-state index in [4.69, 9.17) is 0 Å². The van der Waals surface area contributed by atoms with E-state index in [1.165, 1.54) is 0 Å². The Hall–Kier alpha value is -2.88. The molecule has 4 nitrogen and oxygen atoms in total. The number of aromatic nitrogens is 2. The summed E-state index contributed by atoms with van der Waals surface area (Å²) >= 11 is 0.